The zero-order valence-electron chi connectivity index (χ0n) is 17.2. The number of rotatable bonds is 10. The van der Waals surface area contributed by atoms with Gasteiger partial charge in [-0.05, 0) is 74.4 Å². The Kier molecular flexibility index (Phi) is 7.39. The minimum Gasteiger partial charge on any atom is -0.303 e. The fourth-order valence-electron chi connectivity index (χ4n) is 4.41. The van der Waals surface area contributed by atoms with Gasteiger partial charge in [-0.3, -0.25) is 0 Å². The summed E-state index contributed by atoms with van der Waals surface area (Å²) in [5.74, 6) is -1.48. The molecule has 154 valence electrons. The predicted molar refractivity (Wildman–Crippen MR) is 112 cm³/mol. The number of nitrogens with zero attached hydrogens (tertiary/aromatic N) is 2. The van der Waals surface area contributed by atoms with Crippen molar-refractivity contribution in [3.63, 3.8) is 0 Å². The lowest BCUT2D eigenvalue weighted by atomic mass is 9.61. The molecule has 0 aromatic heterocycles. The Morgan fingerprint density at radius 3 is 2.41 bits per heavy atom. The third-order valence-corrected chi connectivity index (χ3v) is 6.49. The van der Waals surface area contributed by atoms with Crippen LogP contribution in [-0.4, -0.2) is 24.5 Å². The molecule has 1 fully saturated rings. The summed E-state index contributed by atoms with van der Waals surface area (Å²) in [4.78, 5) is 2.40. The number of hydrogen-bond acceptors (Lipinski definition) is 2. The molecule has 0 spiro atoms. The van der Waals surface area contributed by atoms with Crippen LogP contribution in [-0.2, 0) is 11.8 Å². The SMILES string of the molecule is CCN(CCCC(C#N)(c1ccc(F)c(F)c1)C1CCC1)CCc1ccccc1. The smallest absolute Gasteiger partial charge is 0.159 e. The summed E-state index contributed by atoms with van der Waals surface area (Å²) in [5.41, 5.74) is 1.25. The zero-order valence-corrected chi connectivity index (χ0v) is 17.2. The zero-order chi connectivity index (χ0) is 20.7. The Bertz CT molecular complexity index is 826. The van der Waals surface area contributed by atoms with E-state index in [1.165, 1.54) is 11.6 Å². The topological polar surface area (TPSA) is 27.0 Å². The summed E-state index contributed by atoms with van der Waals surface area (Å²) in [5, 5.41) is 10.1. The van der Waals surface area contributed by atoms with E-state index in [4.69, 9.17) is 0 Å². The molecular weight excluding hydrogens is 366 g/mol. The first-order chi connectivity index (χ1) is 14.1. The summed E-state index contributed by atoms with van der Waals surface area (Å²) < 4.78 is 27.4. The molecule has 0 radical (unpaired) electrons. The summed E-state index contributed by atoms with van der Waals surface area (Å²) in [6.07, 6.45) is 5.63. The monoisotopic (exact) mass is 396 g/mol. The van der Waals surface area contributed by atoms with Gasteiger partial charge in [-0.15, -0.1) is 0 Å². The van der Waals surface area contributed by atoms with Crippen molar-refractivity contribution in [1.29, 1.82) is 5.26 Å². The van der Waals surface area contributed by atoms with E-state index in [1.54, 1.807) is 6.07 Å². The molecule has 0 N–H and O–H groups in total. The van der Waals surface area contributed by atoms with Crippen molar-refractivity contribution in [2.24, 2.45) is 5.92 Å². The molecule has 0 saturated heterocycles. The molecular formula is C25H30F2N2. The Morgan fingerprint density at radius 1 is 1.07 bits per heavy atom. The largest absolute Gasteiger partial charge is 0.303 e. The van der Waals surface area contributed by atoms with Gasteiger partial charge in [0.05, 0.1) is 11.5 Å². The molecule has 1 atom stereocenters. The normalized spacial score (nSPS) is 16.2. The minimum absolute atomic E-state index is 0.233. The summed E-state index contributed by atoms with van der Waals surface area (Å²) in [6, 6.07) is 17.0. The van der Waals surface area contributed by atoms with Gasteiger partial charge in [-0.1, -0.05) is 49.7 Å². The van der Waals surface area contributed by atoms with Crippen LogP contribution in [0.15, 0.2) is 48.5 Å². The quantitative estimate of drug-likeness (QED) is 0.502. The molecule has 1 unspecified atom stereocenters. The average molecular weight is 397 g/mol. The Labute approximate surface area is 173 Å². The number of likely N-dealkylation sites (N-methyl/N-ethyl adjacent to an activating group) is 1. The molecule has 2 aromatic rings. The molecule has 0 bridgehead atoms. The maximum absolute atomic E-state index is 13.9. The van der Waals surface area contributed by atoms with E-state index in [0.29, 0.717) is 12.0 Å². The minimum atomic E-state index is -0.862. The molecule has 29 heavy (non-hydrogen) atoms. The van der Waals surface area contributed by atoms with E-state index in [2.05, 4.69) is 42.2 Å². The van der Waals surface area contributed by atoms with Crippen LogP contribution in [0.4, 0.5) is 8.78 Å². The number of benzene rings is 2. The van der Waals surface area contributed by atoms with E-state index >= 15 is 0 Å². The number of nitriles is 1. The second-order valence-electron chi connectivity index (χ2n) is 8.11. The van der Waals surface area contributed by atoms with Crippen molar-refractivity contribution < 1.29 is 8.78 Å². The van der Waals surface area contributed by atoms with E-state index in [-0.39, 0.29) is 5.92 Å². The van der Waals surface area contributed by atoms with Crippen LogP contribution in [0.5, 0.6) is 0 Å². The van der Waals surface area contributed by atoms with Gasteiger partial charge in [0, 0.05) is 6.54 Å². The second kappa shape index (κ2) is 9.98. The highest BCUT2D eigenvalue weighted by Gasteiger charge is 2.43. The van der Waals surface area contributed by atoms with Gasteiger partial charge in [-0.2, -0.15) is 5.26 Å². The molecule has 0 aliphatic heterocycles. The van der Waals surface area contributed by atoms with Crippen molar-refractivity contribution >= 4 is 0 Å². The molecule has 1 aliphatic carbocycles. The van der Waals surface area contributed by atoms with Crippen LogP contribution in [0.25, 0.3) is 0 Å². The van der Waals surface area contributed by atoms with E-state index in [1.807, 2.05) is 6.07 Å². The standard InChI is InChI=1S/C25H30F2N2/c1-2-29(17-14-20-8-4-3-5-9-20)16-7-15-25(19-28,21-10-6-11-21)22-12-13-23(26)24(27)18-22/h3-5,8-9,12-13,18,21H,2,6-7,10-11,14-17H2,1H3. The third kappa shape index (κ3) is 5.03. The molecule has 0 heterocycles. The van der Waals surface area contributed by atoms with Gasteiger partial charge in [0.1, 0.15) is 0 Å². The average Bonchev–Trinajstić information content (AvgIpc) is 2.71. The van der Waals surface area contributed by atoms with Crippen molar-refractivity contribution in [2.45, 2.75) is 50.9 Å². The van der Waals surface area contributed by atoms with Gasteiger partial charge in [0.2, 0.25) is 0 Å². The molecule has 3 rings (SSSR count). The van der Waals surface area contributed by atoms with Crippen LogP contribution >= 0.6 is 0 Å². The summed E-state index contributed by atoms with van der Waals surface area (Å²) >= 11 is 0. The van der Waals surface area contributed by atoms with Crippen molar-refractivity contribution in [3.8, 4) is 6.07 Å². The lowest BCUT2D eigenvalue weighted by Gasteiger charge is -2.41. The molecule has 0 amide bonds. The highest BCUT2D eigenvalue weighted by molar-refractivity contribution is 5.35. The van der Waals surface area contributed by atoms with Gasteiger partial charge in [0.25, 0.3) is 0 Å². The summed E-state index contributed by atoms with van der Waals surface area (Å²) in [7, 11) is 0. The molecule has 2 nitrogen and oxygen atoms in total. The number of hydrogen-bond donors (Lipinski definition) is 0. The lowest BCUT2D eigenvalue weighted by Crippen LogP contribution is -2.39. The van der Waals surface area contributed by atoms with Crippen molar-refractivity contribution in [2.75, 3.05) is 19.6 Å². The van der Waals surface area contributed by atoms with Crippen LogP contribution in [0.1, 0.15) is 50.2 Å². The molecule has 1 aliphatic rings. The maximum Gasteiger partial charge on any atom is 0.159 e. The van der Waals surface area contributed by atoms with Gasteiger partial charge in [0.15, 0.2) is 11.6 Å². The van der Waals surface area contributed by atoms with Crippen molar-refractivity contribution in [1.82, 2.24) is 4.90 Å². The van der Waals surface area contributed by atoms with Crippen LogP contribution < -0.4 is 0 Å². The molecule has 1 saturated carbocycles. The maximum atomic E-state index is 13.9. The van der Waals surface area contributed by atoms with E-state index < -0.39 is 17.0 Å². The fourth-order valence-corrected chi connectivity index (χ4v) is 4.41. The first kappa shape index (κ1) is 21.5. The Hall–Kier alpha value is -2.25. The lowest BCUT2D eigenvalue weighted by molar-refractivity contribution is 0.185. The second-order valence-corrected chi connectivity index (χ2v) is 8.11. The van der Waals surface area contributed by atoms with Gasteiger partial charge >= 0.3 is 0 Å². The first-order valence-corrected chi connectivity index (χ1v) is 10.7. The van der Waals surface area contributed by atoms with E-state index in [9.17, 15) is 14.0 Å². The van der Waals surface area contributed by atoms with E-state index in [0.717, 1.165) is 57.8 Å². The van der Waals surface area contributed by atoms with Gasteiger partial charge < -0.3 is 4.90 Å². The van der Waals surface area contributed by atoms with Crippen LogP contribution in [0.2, 0.25) is 0 Å². The van der Waals surface area contributed by atoms with Gasteiger partial charge in [-0.25, -0.2) is 8.78 Å². The highest BCUT2D eigenvalue weighted by atomic mass is 19.2. The van der Waals surface area contributed by atoms with Crippen molar-refractivity contribution in [3.05, 3.63) is 71.3 Å². The Morgan fingerprint density at radius 2 is 1.83 bits per heavy atom. The Balaban J connectivity index is 1.65. The predicted octanol–water partition coefficient (Wildman–Crippen LogP) is 5.87. The van der Waals surface area contributed by atoms with Crippen LogP contribution in [0.3, 0.4) is 0 Å². The molecule has 2 aromatic carbocycles. The highest BCUT2D eigenvalue weighted by Crippen LogP contribution is 2.47. The first-order valence-electron chi connectivity index (χ1n) is 10.7. The van der Waals surface area contributed by atoms with Crippen LogP contribution in [0, 0.1) is 28.9 Å². The third-order valence-electron chi connectivity index (χ3n) is 6.49. The molecule has 4 heteroatoms. The summed E-state index contributed by atoms with van der Waals surface area (Å²) in [6.45, 7) is 5.00. The number of halogens is 2. The fraction of sp³-hybridized carbons (Fsp3) is 0.480.